The summed E-state index contributed by atoms with van der Waals surface area (Å²) < 4.78 is 0. The van der Waals surface area contributed by atoms with Crippen molar-refractivity contribution >= 4 is 17.9 Å². The predicted octanol–water partition coefficient (Wildman–Crippen LogP) is 5.81. The summed E-state index contributed by atoms with van der Waals surface area (Å²) in [5.74, 6) is 0.708. The third kappa shape index (κ3) is 5.50. The van der Waals surface area contributed by atoms with Crippen molar-refractivity contribution < 1.29 is 4.79 Å². The molecule has 1 unspecified atom stereocenters. The first kappa shape index (κ1) is 22.0. The zero-order valence-electron chi connectivity index (χ0n) is 19.1. The van der Waals surface area contributed by atoms with Crippen molar-refractivity contribution in [1.82, 2.24) is 4.98 Å². The molecule has 0 bridgehead atoms. The number of fused-ring (bicyclic) bond motifs is 1. The minimum atomic E-state index is 0.198. The maximum absolute atomic E-state index is 12.9. The van der Waals surface area contributed by atoms with Crippen LogP contribution in [0.5, 0.6) is 0 Å². The molecule has 0 spiro atoms. The Kier molecular flexibility index (Phi) is 7.11. The quantitative estimate of drug-likeness (QED) is 0.356. The average molecular weight is 422 g/mol. The van der Waals surface area contributed by atoms with Crippen LogP contribution in [0.4, 0.5) is 0 Å². The fraction of sp³-hybridized carbons (Fsp3) is 0.267. The molecule has 4 rings (SSSR count). The Morgan fingerprint density at radius 1 is 1.00 bits per heavy atom. The van der Waals surface area contributed by atoms with Crippen LogP contribution in [-0.4, -0.2) is 10.8 Å². The van der Waals surface area contributed by atoms with E-state index >= 15 is 0 Å². The Hall–Kier alpha value is -3.26. The van der Waals surface area contributed by atoms with Crippen molar-refractivity contribution in [3.05, 3.63) is 100 Å². The van der Waals surface area contributed by atoms with Gasteiger partial charge in [0.05, 0.1) is 5.35 Å². The van der Waals surface area contributed by atoms with Crippen molar-refractivity contribution in [2.24, 2.45) is 5.92 Å². The number of Topliss-reactive ketones (excluding diaryl/α,β-unsaturated/α-hetero) is 1. The smallest absolute Gasteiger partial charge is 0.164 e. The van der Waals surface area contributed by atoms with Gasteiger partial charge in [-0.3, -0.25) is 9.78 Å². The molecule has 32 heavy (non-hydrogen) atoms. The number of benzene rings is 2. The van der Waals surface area contributed by atoms with Crippen molar-refractivity contribution in [3.8, 4) is 11.1 Å². The summed E-state index contributed by atoms with van der Waals surface area (Å²) in [6, 6.07) is 21.2. The number of carbonyl (C=O) groups excluding carboxylic acids is 1. The van der Waals surface area contributed by atoms with E-state index in [1.54, 1.807) is 0 Å². The van der Waals surface area contributed by atoms with Crippen molar-refractivity contribution in [2.45, 2.75) is 46.0 Å². The van der Waals surface area contributed by atoms with Gasteiger partial charge in [-0.25, -0.2) is 0 Å². The van der Waals surface area contributed by atoms with Gasteiger partial charge in [-0.2, -0.15) is 0 Å². The number of hydrogen-bond donors (Lipinski definition) is 0. The Balaban J connectivity index is 1.38. The second-order valence-corrected chi connectivity index (χ2v) is 8.76. The number of pyridine rings is 1. The summed E-state index contributed by atoms with van der Waals surface area (Å²) in [7, 11) is 0. The summed E-state index contributed by atoms with van der Waals surface area (Å²) in [6.45, 7) is 4.16. The molecule has 162 valence electrons. The molecule has 1 aliphatic carbocycles. The molecule has 3 aromatic rings. The monoisotopic (exact) mass is 421 g/mol. The van der Waals surface area contributed by atoms with Gasteiger partial charge in [0.1, 0.15) is 0 Å². The Labute approximate surface area is 191 Å². The molecule has 0 amide bonds. The highest BCUT2D eigenvalue weighted by atomic mass is 16.1. The SMILES string of the molecule is Cc1nc2/c(cc1C(=O)CCCCc1cccc(-c3ccccc3)c1)=C\C=C/C(C)C/C=2. The second-order valence-electron chi connectivity index (χ2n) is 8.76. The van der Waals surface area contributed by atoms with E-state index in [2.05, 4.69) is 79.8 Å². The lowest BCUT2D eigenvalue weighted by molar-refractivity contribution is 0.0978. The fourth-order valence-corrected chi connectivity index (χ4v) is 4.23. The summed E-state index contributed by atoms with van der Waals surface area (Å²) >= 11 is 0. The highest BCUT2D eigenvalue weighted by Gasteiger charge is 2.11. The van der Waals surface area contributed by atoms with Gasteiger partial charge in [-0.05, 0) is 61.3 Å². The molecule has 0 saturated carbocycles. The minimum absolute atomic E-state index is 0.198. The normalized spacial score (nSPS) is 18.2. The van der Waals surface area contributed by atoms with E-state index in [0.717, 1.165) is 47.5 Å². The standard InChI is InChI=1S/C30H31NO/c1-22-10-8-16-27-21-28(23(2)31-29(27)19-18-22)30(32)17-7-6-11-24-12-9-15-26(20-24)25-13-4-3-5-14-25/h3-5,8-10,12-16,19-22H,6-7,11,17-18H2,1-2H3/b10-8-,27-16-,29-19-. The molecule has 0 aliphatic heterocycles. The van der Waals surface area contributed by atoms with E-state index in [1.807, 2.05) is 19.1 Å². The van der Waals surface area contributed by atoms with Crippen LogP contribution < -0.4 is 10.6 Å². The van der Waals surface area contributed by atoms with Crippen molar-refractivity contribution in [3.63, 3.8) is 0 Å². The minimum Gasteiger partial charge on any atom is -0.294 e. The predicted molar refractivity (Wildman–Crippen MR) is 134 cm³/mol. The van der Waals surface area contributed by atoms with Crippen LogP contribution >= 0.6 is 0 Å². The Bertz CT molecular complexity index is 1240. The van der Waals surface area contributed by atoms with E-state index in [4.69, 9.17) is 4.98 Å². The molecule has 0 saturated heterocycles. The largest absolute Gasteiger partial charge is 0.294 e. The lowest BCUT2D eigenvalue weighted by atomic mass is 9.98. The van der Waals surface area contributed by atoms with Gasteiger partial charge in [-0.15, -0.1) is 0 Å². The third-order valence-electron chi connectivity index (χ3n) is 6.13. The zero-order chi connectivity index (χ0) is 22.3. The summed E-state index contributed by atoms with van der Waals surface area (Å²) in [5, 5.41) is 2.04. The fourth-order valence-electron chi connectivity index (χ4n) is 4.23. The maximum atomic E-state index is 12.9. The molecule has 0 radical (unpaired) electrons. The number of ketones is 1. The second kappa shape index (κ2) is 10.4. The van der Waals surface area contributed by atoms with Gasteiger partial charge in [0.25, 0.3) is 0 Å². The maximum Gasteiger partial charge on any atom is 0.164 e. The van der Waals surface area contributed by atoms with Crippen LogP contribution in [0, 0.1) is 12.8 Å². The molecule has 1 aliphatic rings. The number of aryl methyl sites for hydroxylation is 2. The highest BCUT2D eigenvalue weighted by Crippen LogP contribution is 2.21. The van der Waals surface area contributed by atoms with Gasteiger partial charge in [0.15, 0.2) is 5.78 Å². The topological polar surface area (TPSA) is 30.0 Å². The van der Waals surface area contributed by atoms with Crippen LogP contribution in [0.15, 0.2) is 72.8 Å². The van der Waals surface area contributed by atoms with E-state index in [-0.39, 0.29) is 5.78 Å². The first-order valence-electron chi connectivity index (χ1n) is 11.6. The number of hydrogen-bond acceptors (Lipinski definition) is 2. The molecule has 0 fully saturated rings. The van der Waals surface area contributed by atoms with Gasteiger partial charge < -0.3 is 0 Å². The van der Waals surface area contributed by atoms with Crippen LogP contribution in [-0.2, 0) is 6.42 Å². The molecule has 2 heteroatoms. The van der Waals surface area contributed by atoms with Crippen LogP contribution in [0.25, 0.3) is 23.3 Å². The molecule has 1 heterocycles. The first-order chi connectivity index (χ1) is 15.6. The van der Waals surface area contributed by atoms with Crippen LogP contribution in [0.2, 0.25) is 0 Å². The van der Waals surface area contributed by atoms with E-state index in [0.29, 0.717) is 12.3 Å². The number of rotatable bonds is 7. The van der Waals surface area contributed by atoms with Crippen LogP contribution in [0.1, 0.15) is 54.2 Å². The summed E-state index contributed by atoms with van der Waals surface area (Å²) in [5.41, 5.74) is 5.42. The number of nitrogens with zero attached hydrogens (tertiary/aromatic N) is 1. The lowest BCUT2D eigenvalue weighted by Crippen LogP contribution is -2.31. The lowest BCUT2D eigenvalue weighted by Gasteiger charge is -2.08. The zero-order valence-corrected chi connectivity index (χ0v) is 19.1. The Morgan fingerprint density at radius 2 is 1.81 bits per heavy atom. The molecule has 1 aromatic heterocycles. The van der Waals surface area contributed by atoms with Gasteiger partial charge in [-0.1, -0.05) is 85.8 Å². The summed E-state index contributed by atoms with van der Waals surface area (Å²) in [4.78, 5) is 17.7. The average Bonchev–Trinajstić information content (AvgIpc) is 2.81. The van der Waals surface area contributed by atoms with E-state index in [1.165, 1.54) is 16.7 Å². The van der Waals surface area contributed by atoms with Gasteiger partial charge >= 0.3 is 0 Å². The van der Waals surface area contributed by atoms with E-state index < -0.39 is 0 Å². The molecule has 1 atom stereocenters. The van der Waals surface area contributed by atoms with Crippen LogP contribution in [0.3, 0.4) is 0 Å². The highest BCUT2D eigenvalue weighted by molar-refractivity contribution is 5.97. The number of unbranched alkanes of at least 4 members (excludes halogenated alkanes) is 1. The van der Waals surface area contributed by atoms with Crippen molar-refractivity contribution in [2.75, 3.05) is 0 Å². The molecule has 0 N–H and O–H groups in total. The first-order valence-corrected chi connectivity index (χ1v) is 11.6. The third-order valence-corrected chi connectivity index (χ3v) is 6.13. The Morgan fingerprint density at radius 3 is 2.66 bits per heavy atom. The molecule has 2 aromatic carbocycles. The molecular formula is C30H31NO. The number of aromatic nitrogens is 1. The molecular weight excluding hydrogens is 390 g/mol. The van der Waals surface area contributed by atoms with Gasteiger partial charge in [0, 0.05) is 22.9 Å². The van der Waals surface area contributed by atoms with Gasteiger partial charge in [0.2, 0.25) is 0 Å². The number of allylic oxidation sites excluding steroid dienone is 2. The van der Waals surface area contributed by atoms with E-state index in [9.17, 15) is 4.79 Å². The summed E-state index contributed by atoms with van der Waals surface area (Å²) in [6.07, 6.45) is 13.0. The molecule has 2 nitrogen and oxygen atoms in total. The number of carbonyl (C=O) groups is 1. The van der Waals surface area contributed by atoms with Crippen molar-refractivity contribution in [1.29, 1.82) is 0 Å².